The Balaban J connectivity index is 2.03. The minimum absolute atomic E-state index is 0.0444. The van der Waals surface area contributed by atoms with Crippen molar-refractivity contribution < 1.29 is 29.2 Å². The molecule has 1 heterocycles. The molecule has 0 aromatic heterocycles. The quantitative estimate of drug-likeness (QED) is 0.905. The van der Waals surface area contributed by atoms with E-state index in [2.05, 4.69) is 0 Å². The minimum atomic E-state index is -0.546. The van der Waals surface area contributed by atoms with Gasteiger partial charge in [-0.2, -0.15) is 0 Å². The van der Waals surface area contributed by atoms with Crippen LogP contribution in [0.5, 0.6) is 28.7 Å². The first-order chi connectivity index (χ1) is 11.0. The lowest BCUT2D eigenvalue weighted by Gasteiger charge is -2.25. The molecule has 1 aliphatic rings. The lowest BCUT2D eigenvalue weighted by atomic mass is 9.88. The number of benzene rings is 2. The van der Waals surface area contributed by atoms with Crippen LogP contribution in [0.4, 0.5) is 0 Å². The van der Waals surface area contributed by atoms with Crippen LogP contribution in [-0.2, 0) is 0 Å². The van der Waals surface area contributed by atoms with Gasteiger partial charge in [0.25, 0.3) is 0 Å². The number of hydrogen-bond acceptors (Lipinski definition) is 6. The van der Waals surface area contributed by atoms with E-state index in [-0.39, 0.29) is 35.4 Å². The Bertz CT molecular complexity index is 743. The van der Waals surface area contributed by atoms with Crippen LogP contribution in [0, 0.1) is 0 Å². The molecule has 2 aromatic carbocycles. The number of Topliss-reactive ketones (excluding diaryl/α,β-unsaturated/α-hetero) is 1. The SMILES string of the molecule is COc1cc([C@@H]2COc3cc(O)ccc3C2=O)cc(OC)c1O. The fraction of sp³-hybridized carbons (Fsp3) is 0.235. The molecule has 6 nitrogen and oxygen atoms in total. The van der Waals surface area contributed by atoms with Crippen LogP contribution in [0.1, 0.15) is 21.8 Å². The van der Waals surface area contributed by atoms with Gasteiger partial charge >= 0.3 is 0 Å². The average molecular weight is 316 g/mol. The van der Waals surface area contributed by atoms with Crippen LogP contribution < -0.4 is 14.2 Å². The monoisotopic (exact) mass is 316 g/mol. The van der Waals surface area contributed by atoms with E-state index in [4.69, 9.17) is 14.2 Å². The molecule has 0 unspecified atom stereocenters. The van der Waals surface area contributed by atoms with Crippen LogP contribution in [0.15, 0.2) is 30.3 Å². The zero-order chi connectivity index (χ0) is 16.6. The van der Waals surface area contributed by atoms with Gasteiger partial charge in [-0.25, -0.2) is 0 Å². The lowest BCUT2D eigenvalue weighted by molar-refractivity contribution is 0.0896. The molecule has 23 heavy (non-hydrogen) atoms. The second-order valence-corrected chi connectivity index (χ2v) is 5.18. The van der Waals surface area contributed by atoms with Gasteiger partial charge in [0.1, 0.15) is 18.1 Å². The normalized spacial score (nSPS) is 16.4. The lowest BCUT2D eigenvalue weighted by Crippen LogP contribution is -2.26. The number of phenolic OH excluding ortho intramolecular Hbond substituents is 2. The van der Waals surface area contributed by atoms with E-state index < -0.39 is 5.92 Å². The molecule has 120 valence electrons. The minimum Gasteiger partial charge on any atom is -0.508 e. The highest BCUT2D eigenvalue weighted by Gasteiger charge is 2.31. The first-order valence-electron chi connectivity index (χ1n) is 7.00. The Morgan fingerprint density at radius 2 is 1.74 bits per heavy atom. The molecular formula is C17H16O6. The van der Waals surface area contributed by atoms with Crippen molar-refractivity contribution in [1.29, 1.82) is 0 Å². The zero-order valence-corrected chi connectivity index (χ0v) is 12.7. The molecule has 0 spiro atoms. The Kier molecular flexibility index (Phi) is 3.73. The van der Waals surface area contributed by atoms with Crippen LogP contribution in [0.2, 0.25) is 0 Å². The number of methoxy groups -OCH3 is 2. The van der Waals surface area contributed by atoms with E-state index in [9.17, 15) is 15.0 Å². The molecule has 1 atom stereocenters. The van der Waals surface area contributed by atoms with Gasteiger partial charge in [0, 0.05) is 6.07 Å². The van der Waals surface area contributed by atoms with E-state index in [0.29, 0.717) is 16.9 Å². The summed E-state index contributed by atoms with van der Waals surface area (Å²) in [6.07, 6.45) is 0. The predicted octanol–water partition coefficient (Wildman–Crippen LogP) is 2.47. The molecule has 0 fully saturated rings. The molecule has 0 radical (unpaired) electrons. The second kappa shape index (κ2) is 5.72. The summed E-state index contributed by atoms with van der Waals surface area (Å²) in [6, 6.07) is 7.58. The van der Waals surface area contributed by atoms with Crippen LogP contribution in [0.3, 0.4) is 0 Å². The topological polar surface area (TPSA) is 85.2 Å². The van der Waals surface area contributed by atoms with Crippen LogP contribution in [0.25, 0.3) is 0 Å². The molecular weight excluding hydrogens is 300 g/mol. The number of carbonyl (C=O) groups is 1. The molecule has 2 N–H and O–H groups in total. The van der Waals surface area contributed by atoms with Gasteiger partial charge in [0.15, 0.2) is 17.3 Å². The summed E-state index contributed by atoms with van der Waals surface area (Å²) in [4.78, 5) is 12.7. The number of rotatable bonds is 3. The Morgan fingerprint density at radius 1 is 1.09 bits per heavy atom. The summed E-state index contributed by atoms with van der Waals surface area (Å²) in [5.41, 5.74) is 1.03. The largest absolute Gasteiger partial charge is 0.508 e. The van der Waals surface area contributed by atoms with E-state index in [1.807, 2.05) is 0 Å². The maximum Gasteiger partial charge on any atom is 0.200 e. The molecule has 0 saturated heterocycles. The zero-order valence-electron chi connectivity index (χ0n) is 12.7. The van der Waals surface area contributed by atoms with E-state index in [1.54, 1.807) is 12.1 Å². The highest BCUT2D eigenvalue weighted by atomic mass is 16.5. The van der Waals surface area contributed by atoms with Gasteiger partial charge in [-0.05, 0) is 29.8 Å². The van der Waals surface area contributed by atoms with Crippen LogP contribution in [-0.4, -0.2) is 36.8 Å². The van der Waals surface area contributed by atoms with E-state index >= 15 is 0 Å². The fourth-order valence-electron chi connectivity index (χ4n) is 2.63. The number of carbonyl (C=O) groups excluding carboxylic acids is 1. The number of fused-ring (bicyclic) bond motifs is 1. The van der Waals surface area contributed by atoms with Gasteiger partial charge < -0.3 is 24.4 Å². The second-order valence-electron chi connectivity index (χ2n) is 5.18. The van der Waals surface area contributed by atoms with Crippen molar-refractivity contribution in [2.24, 2.45) is 0 Å². The van der Waals surface area contributed by atoms with Gasteiger partial charge in [-0.3, -0.25) is 4.79 Å². The molecule has 2 aromatic rings. The standard InChI is InChI=1S/C17H16O6/c1-21-14-5-9(6-15(22-2)17(14)20)12-8-23-13-7-10(18)3-4-11(13)16(12)19/h3-7,12,18,20H,8H2,1-2H3/t12-/m0/s1. The molecule has 1 aliphatic heterocycles. The maximum absolute atomic E-state index is 12.7. The van der Waals surface area contributed by atoms with Crippen molar-refractivity contribution in [1.82, 2.24) is 0 Å². The molecule has 0 bridgehead atoms. The van der Waals surface area contributed by atoms with E-state index in [0.717, 1.165) is 0 Å². The predicted molar refractivity (Wildman–Crippen MR) is 81.9 cm³/mol. The van der Waals surface area contributed by atoms with Gasteiger partial charge in [-0.1, -0.05) is 0 Å². The van der Waals surface area contributed by atoms with Gasteiger partial charge in [0.2, 0.25) is 5.75 Å². The number of hydrogen-bond donors (Lipinski definition) is 2. The third-order valence-corrected chi connectivity index (χ3v) is 3.86. The third-order valence-electron chi connectivity index (χ3n) is 3.86. The van der Waals surface area contributed by atoms with Crippen molar-refractivity contribution in [3.8, 4) is 28.7 Å². The fourth-order valence-corrected chi connectivity index (χ4v) is 2.63. The van der Waals surface area contributed by atoms with Crippen molar-refractivity contribution in [2.75, 3.05) is 20.8 Å². The first-order valence-corrected chi connectivity index (χ1v) is 7.00. The van der Waals surface area contributed by atoms with Crippen LogP contribution >= 0.6 is 0 Å². The Morgan fingerprint density at radius 3 is 2.35 bits per heavy atom. The first kappa shape index (κ1) is 15.0. The summed E-state index contributed by atoms with van der Waals surface area (Å²) in [5.74, 6) is 0.0731. The Labute approximate surface area is 132 Å². The Hall–Kier alpha value is -2.89. The summed E-state index contributed by atoms with van der Waals surface area (Å²) in [6.45, 7) is 0.131. The summed E-state index contributed by atoms with van der Waals surface area (Å²) in [7, 11) is 2.85. The summed E-state index contributed by atoms with van der Waals surface area (Å²) >= 11 is 0. The molecule has 6 heteroatoms. The summed E-state index contributed by atoms with van der Waals surface area (Å²) in [5, 5.41) is 19.4. The van der Waals surface area contributed by atoms with Crippen molar-refractivity contribution in [3.63, 3.8) is 0 Å². The average Bonchev–Trinajstić information content (AvgIpc) is 2.55. The van der Waals surface area contributed by atoms with Gasteiger partial charge in [-0.15, -0.1) is 0 Å². The van der Waals surface area contributed by atoms with E-state index in [1.165, 1.54) is 32.4 Å². The molecule has 3 rings (SSSR count). The number of phenols is 2. The highest BCUT2D eigenvalue weighted by molar-refractivity contribution is 6.04. The number of aromatic hydroxyl groups is 2. The van der Waals surface area contributed by atoms with Crippen molar-refractivity contribution in [2.45, 2.75) is 5.92 Å². The smallest absolute Gasteiger partial charge is 0.200 e. The highest BCUT2D eigenvalue weighted by Crippen LogP contribution is 2.41. The number of ketones is 1. The number of ether oxygens (including phenoxy) is 3. The summed E-state index contributed by atoms with van der Waals surface area (Å²) < 4.78 is 15.8. The van der Waals surface area contributed by atoms with Gasteiger partial charge in [0.05, 0.1) is 25.7 Å². The molecule has 0 saturated carbocycles. The molecule has 0 amide bonds. The van der Waals surface area contributed by atoms with Crippen molar-refractivity contribution >= 4 is 5.78 Å². The maximum atomic E-state index is 12.7. The third kappa shape index (κ3) is 2.52. The molecule has 0 aliphatic carbocycles. The van der Waals surface area contributed by atoms with Crippen molar-refractivity contribution in [3.05, 3.63) is 41.5 Å².